The van der Waals surface area contributed by atoms with Gasteiger partial charge in [-0.15, -0.1) is 0 Å². The van der Waals surface area contributed by atoms with E-state index in [0.29, 0.717) is 18.0 Å². The summed E-state index contributed by atoms with van der Waals surface area (Å²) in [6.45, 7) is 11.2. The second-order valence-corrected chi connectivity index (χ2v) is 6.58. The molecule has 1 saturated heterocycles. The Morgan fingerprint density at radius 3 is 2.78 bits per heavy atom. The zero-order chi connectivity index (χ0) is 13.3. The van der Waals surface area contributed by atoms with E-state index in [4.69, 9.17) is 0 Å². The number of halogens is 1. The molecule has 0 saturated carbocycles. The Kier molecular flexibility index (Phi) is 4.33. The monoisotopic (exact) mass is 310 g/mol. The fraction of sp³-hybridized carbons (Fsp3) is 0.600. The lowest BCUT2D eigenvalue weighted by atomic mass is 9.97. The normalized spacial score (nSPS) is 24.7. The van der Waals surface area contributed by atoms with E-state index in [2.05, 4.69) is 72.0 Å². The average Bonchev–Trinajstić information content (AvgIpc) is 2.31. The molecule has 0 aliphatic carbocycles. The van der Waals surface area contributed by atoms with Gasteiger partial charge in [-0.2, -0.15) is 0 Å². The molecule has 18 heavy (non-hydrogen) atoms. The third kappa shape index (κ3) is 2.89. The quantitative estimate of drug-likeness (QED) is 0.898. The number of rotatable bonds is 2. The van der Waals surface area contributed by atoms with E-state index in [0.717, 1.165) is 13.1 Å². The molecule has 1 N–H and O–H groups in total. The number of piperazine rings is 1. The molecule has 0 aromatic heterocycles. The highest BCUT2D eigenvalue weighted by Crippen LogP contribution is 2.31. The number of hydrogen-bond acceptors (Lipinski definition) is 2. The van der Waals surface area contributed by atoms with Crippen LogP contribution in [0.2, 0.25) is 0 Å². The lowest BCUT2D eigenvalue weighted by Crippen LogP contribution is -2.57. The summed E-state index contributed by atoms with van der Waals surface area (Å²) in [5.74, 6) is 0.650. The van der Waals surface area contributed by atoms with Crippen molar-refractivity contribution in [2.75, 3.05) is 18.0 Å². The van der Waals surface area contributed by atoms with Crippen molar-refractivity contribution >= 4 is 21.6 Å². The van der Waals surface area contributed by atoms with Gasteiger partial charge in [0, 0.05) is 29.6 Å². The highest BCUT2D eigenvalue weighted by molar-refractivity contribution is 9.10. The number of aryl methyl sites for hydroxylation is 1. The van der Waals surface area contributed by atoms with Crippen molar-refractivity contribution in [3.05, 3.63) is 28.2 Å². The zero-order valence-corrected chi connectivity index (χ0v) is 13.3. The highest BCUT2D eigenvalue weighted by Gasteiger charge is 2.29. The Morgan fingerprint density at radius 2 is 2.11 bits per heavy atom. The van der Waals surface area contributed by atoms with Gasteiger partial charge in [-0.3, -0.25) is 0 Å². The van der Waals surface area contributed by atoms with Gasteiger partial charge < -0.3 is 10.2 Å². The molecule has 2 atom stereocenters. The van der Waals surface area contributed by atoms with Crippen LogP contribution >= 0.6 is 15.9 Å². The minimum absolute atomic E-state index is 0.549. The number of anilines is 1. The topological polar surface area (TPSA) is 15.3 Å². The molecular formula is C15H23BrN2. The van der Waals surface area contributed by atoms with E-state index < -0.39 is 0 Å². The molecule has 100 valence electrons. The second kappa shape index (κ2) is 5.62. The predicted molar refractivity (Wildman–Crippen MR) is 82.3 cm³/mol. The molecule has 1 heterocycles. The molecule has 2 nitrogen and oxygen atoms in total. The largest absolute Gasteiger partial charge is 0.365 e. The lowest BCUT2D eigenvalue weighted by Gasteiger charge is -2.43. The maximum absolute atomic E-state index is 3.70. The third-order valence-corrected chi connectivity index (χ3v) is 4.40. The summed E-state index contributed by atoms with van der Waals surface area (Å²) in [6.07, 6.45) is 0. The van der Waals surface area contributed by atoms with Crippen LogP contribution < -0.4 is 10.2 Å². The van der Waals surface area contributed by atoms with Crippen molar-refractivity contribution in [3.8, 4) is 0 Å². The fourth-order valence-electron chi connectivity index (χ4n) is 2.64. The summed E-state index contributed by atoms with van der Waals surface area (Å²) >= 11 is 3.70. The van der Waals surface area contributed by atoms with Gasteiger partial charge in [0.1, 0.15) is 0 Å². The second-order valence-electron chi connectivity index (χ2n) is 5.73. The van der Waals surface area contributed by atoms with E-state index in [-0.39, 0.29) is 0 Å². The molecule has 1 fully saturated rings. The Labute approximate surface area is 119 Å². The first-order valence-electron chi connectivity index (χ1n) is 6.75. The van der Waals surface area contributed by atoms with E-state index in [9.17, 15) is 0 Å². The van der Waals surface area contributed by atoms with Crippen LogP contribution in [0.5, 0.6) is 0 Å². The van der Waals surface area contributed by atoms with Gasteiger partial charge in [0.2, 0.25) is 0 Å². The van der Waals surface area contributed by atoms with Gasteiger partial charge >= 0.3 is 0 Å². The molecule has 0 amide bonds. The maximum atomic E-state index is 3.70. The Morgan fingerprint density at radius 1 is 1.39 bits per heavy atom. The zero-order valence-electron chi connectivity index (χ0n) is 11.7. The fourth-order valence-corrected chi connectivity index (χ4v) is 3.12. The Balaban J connectivity index is 2.34. The minimum Gasteiger partial charge on any atom is -0.365 e. The van der Waals surface area contributed by atoms with Gasteiger partial charge in [0.05, 0.1) is 5.69 Å². The van der Waals surface area contributed by atoms with Crippen LogP contribution in [0.3, 0.4) is 0 Å². The minimum atomic E-state index is 0.549. The molecule has 3 heteroatoms. The summed E-state index contributed by atoms with van der Waals surface area (Å²) in [7, 11) is 0. The number of nitrogens with zero attached hydrogens (tertiary/aromatic N) is 1. The molecule has 1 aromatic carbocycles. The first-order chi connectivity index (χ1) is 8.49. The van der Waals surface area contributed by atoms with Crippen LogP contribution in [0.4, 0.5) is 5.69 Å². The van der Waals surface area contributed by atoms with Crippen molar-refractivity contribution in [1.29, 1.82) is 0 Å². The van der Waals surface area contributed by atoms with Crippen molar-refractivity contribution < 1.29 is 0 Å². The summed E-state index contributed by atoms with van der Waals surface area (Å²) in [5.41, 5.74) is 2.66. The standard InChI is InChI=1S/C15H23BrN2/c1-10(2)15-8-17-12(4)9-18(15)14-7-11(3)5-6-13(14)16/h5-7,10,12,15,17H,8-9H2,1-4H3. The van der Waals surface area contributed by atoms with Gasteiger partial charge in [0.15, 0.2) is 0 Å². The highest BCUT2D eigenvalue weighted by atomic mass is 79.9. The first kappa shape index (κ1) is 13.9. The van der Waals surface area contributed by atoms with E-state index >= 15 is 0 Å². The molecule has 1 aliphatic heterocycles. The number of hydrogen-bond donors (Lipinski definition) is 1. The SMILES string of the molecule is Cc1ccc(Br)c(N2CC(C)NCC2C(C)C)c1. The summed E-state index contributed by atoms with van der Waals surface area (Å²) < 4.78 is 1.20. The van der Waals surface area contributed by atoms with Crippen molar-refractivity contribution in [2.24, 2.45) is 5.92 Å². The first-order valence-corrected chi connectivity index (χ1v) is 7.54. The average molecular weight is 311 g/mol. The summed E-state index contributed by atoms with van der Waals surface area (Å²) in [5, 5.41) is 3.59. The van der Waals surface area contributed by atoms with E-state index in [1.54, 1.807) is 0 Å². The predicted octanol–water partition coefficient (Wildman–Crippen LogP) is 3.58. The van der Waals surface area contributed by atoms with Gasteiger partial charge in [-0.05, 0) is 53.4 Å². The summed E-state index contributed by atoms with van der Waals surface area (Å²) in [4.78, 5) is 2.56. The van der Waals surface area contributed by atoms with Crippen LogP contribution in [-0.4, -0.2) is 25.2 Å². The molecule has 1 aromatic rings. The molecule has 0 radical (unpaired) electrons. The van der Waals surface area contributed by atoms with Gasteiger partial charge in [-0.1, -0.05) is 19.9 Å². The molecule has 1 aliphatic rings. The Hall–Kier alpha value is -0.540. The molecule has 0 spiro atoms. The molecule has 2 rings (SSSR count). The smallest absolute Gasteiger partial charge is 0.0516 e. The van der Waals surface area contributed by atoms with E-state index in [1.807, 2.05) is 0 Å². The van der Waals surface area contributed by atoms with Crippen LogP contribution in [0, 0.1) is 12.8 Å². The molecule has 2 unspecified atom stereocenters. The maximum Gasteiger partial charge on any atom is 0.0516 e. The lowest BCUT2D eigenvalue weighted by molar-refractivity contribution is 0.349. The number of nitrogens with one attached hydrogen (secondary N) is 1. The van der Waals surface area contributed by atoms with Crippen LogP contribution in [0.15, 0.2) is 22.7 Å². The van der Waals surface area contributed by atoms with E-state index in [1.165, 1.54) is 15.7 Å². The Bertz CT molecular complexity index is 417. The third-order valence-electron chi connectivity index (χ3n) is 3.73. The van der Waals surface area contributed by atoms with Crippen molar-refractivity contribution in [2.45, 2.75) is 39.8 Å². The molecule has 0 bridgehead atoms. The van der Waals surface area contributed by atoms with Crippen molar-refractivity contribution in [1.82, 2.24) is 5.32 Å². The van der Waals surface area contributed by atoms with Crippen LogP contribution in [0.1, 0.15) is 26.3 Å². The van der Waals surface area contributed by atoms with Crippen LogP contribution in [-0.2, 0) is 0 Å². The van der Waals surface area contributed by atoms with Crippen molar-refractivity contribution in [3.63, 3.8) is 0 Å². The summed E-state index contributed by atoms with van der Waals surface area (Å²) in [6, 6.07) is 7.72. The number of benzene rings is 1. The molecular weight excluding hydrogens is 288 g/mol. The van der Waals surface area contributed by atoms with Gasteiger partial charge in [-0.25, -0.2) is 0 Å². The van der Waals surface area contributed by atoms with Crippen LogP contribution in [0.25, 0.3) is 0 Å². The van der Waals surface area contributed by atoms with Gasteiger partial charge in [0.25, 0.3) is 0 Å².